The number of aryl methyl sites for hydroxylation is 2. The number of anilines is 1. The number of hydrogen-bond acceptors (Lipinski definition) is 6. The molecule has 0 radical (unpaired) electrons. The van der Waals surface area contributed by atoms with Gasteiger partial charge in [-0.1, -0.05) is 0 Å². The monoisotopic (exact) mass is 417 g/mol. The zero-order valence-electron chi connectivity index (χ0n) is 16.3. The van der Waals surface area contributed by atoms with Crippen LogP contribution in [0.5, 0.6) is 0 Å². The molecule has 2 aliphatic rings. The van der Waals surface area contributed by atoms with Crippen LogP contribution < -0.4 is 5.32 Å². The van der Waals surface area contributed by atoms with Gasteiger partial charge >= 0.3 is 0 Å². The van der Waals surface area contributed by atoms with Gasteiger partial charge in [-0.05, 0) is 38.5 Å². The van der Waals surface area contributed by atoms with Gasteiger partial charge in [-0.15, -0.1) is 0 Å². The van der Waals surface area contributed by atoms with E-state index >= 15 is 0 Å². The average Bonchev–Trinajstić information content (AvgIpc) is 3.32. The maximum Gasteiger partial charge on any atom is 0.229 e. The second kappa shape index (κ2) is 7.25. The number of likely N-dealkylation sites (tertiary alicyclic amines) is 1. The van der Waals surface area contributed by atoms with Gasteiger partial charge in [-0.2, -0.15) is 5.10 Å². The van der Waals surface area contributed by atoms with Gasteiger partial charge in [0.05, 0.1) is 35.0 Å². The number of rotatable bonds is 4. The second-order valence-corrected chi connectivity index (χ2v) is 9.97. The van der Waals surface area contributed by atoms with E-state index in [9.17, 15) is 18.0 Å². The lowest BCUT2D eigenvalue weighted by molar-refractivity contribution is -0.129. The molecule has 2 amide bonds. The molecule has 0 bridgehead atoms. The van der Waals surface area contributed by atoms with Crippen molar-refractivity contribution in [3.05, 3.63) is 35.8 Å². The van der Waals surface area contributed by atoms with Gasteiger partial charge in [0.25, 0.3) is 0 Å². The number of hydrogen-bond donors (Lipinski definition) is 1. The van der Waals surface area contributed by atoms with Gasteiger partial charge in [0.15, 0.2) is 15.7 Å². The molecular formula is C19H23N5O4S. The third kappa shape index (κ3) is 4.02. The molecule has 10 heteroatoms. The Bertz CT molecular complexity index is 1060. The molecule has 2 aromatic rings. The maximum absolute atomic E-state index is 12.6. The third-order valence-electron chi connectivity index (χ3n) is 5.42. The molecule has 0 unspecified atom stereocenters. The molecule has 4 rings (SSSR count). The van der Waals surface area contributed by atoms with Crippen LogP contribution in [-0.2, 0) is 19.4 Å². The van der Waals surface area contributed by atoms with Crippen molar-refractivity contribution in [2.24, 2.45) is 5.92 Å². The van der Waals surface area contributed by atoms with Gasteiger partial charge in [0, 0.05) is 24.7 Å². The predicted octanol–water partition coefficient (Wildman–Crippen LogP) is 0.858. The molecule has 2 saturated heterocycles. The van der Waals surface area contributed by atoms with Crippen LogP contribution in [0, 0.1) is 19.8 Å². The molecule has 2 atom stereocenters. The van der Waals surface area contributed by atoms with E-state index in [2.05, 4.69) is 15.4 Å². The number of nitrogens with zero attached hydrogens (tertiary/aromatic N) is 4. The summed E-state index contributed by atoms with van der Waals surface area (Å²) in [5.74, 6) is -0.177. The lowest BCUT2D eigenvalue weighted by Gasteiger charge is -2.22. The van der Waals surface area contributed by atoms with Gasteiger partial charge in [-0.25, -0.2) is 18.1 Å². The molecule has 0 aliphatic carbocycles. The number of sulfone groups is 1. The molecule has 154 valence electrons. The van der Waals surface area contributed by atoms with E-state index < -0.39 is 15.8 Å². The van der Waals surface area contributed by atoms with Crippen molar-refractivity contribution in [3.63, 3.8) is 0 Å². The van der Waals surface area contributed by atoms with Gasteiger partial charge in [-0.3, -0.25) is 9.59 Å². The fraction of sp³-hybridized carbons (Fsp3) is 0.474. The second-order valence-electron chi connectivity index (χ2n) is 7.74. The third-order valence-corrected chi connectivity index (χ3v) is 7.17. The summed E-state index contributed by atoms with van der Waals surface area (Å²) in [6.45, 7) is 4.10. The number of carbonyl (C=O) groups excluding carboxylic acids is 2. The topological polar surface area (TPSA) is 114 Å². The summed E-state index contributed by atoms with van der Waals surface area (Å²) in [6, 6.07) is 5.15. The Morgan fingerprint density at radius 3 is 2.66 bits per heavy atom. The first-order valence-corrected chi connectivity index (χ1v) is 11.3. The summed E-state index contributed by atoms with van der Waals surface area (Å²) in [7, 11) is -3.08. The van der Waals surface area contributed by atoms with Crippen LogP contribution in [0.1, 0.15) is 24.2 Å². The Morgan fingerprint density at radius 1 is 1.28 bits per heavy atom. The first-order chi connectivity index (χ1) is 13.7. The van der Waals surface area contributed by atoms with E-state index in [1.54, 1.807) is 27.9 Å². The van der Waals surface area contributed by atoms with Crippen molar-refractivity contribution in [1.82, 2.24) is 19.7 Å². The van der Waals surface area contributed by atoms with E-state index in [0.717, 1.165) is 11.4 Å². The molecule has 2 aromatic heterocycles. The molecule has 2 aliphatic heterocycles. The van der Waals surface area contributed by atoms with Crippen LogP contribution in [0.25, 0.3) is 5.82 Å². The van der Waals surface area contributed by atoms with Gasteiger partial charge < -0.3 is 10.2 Å². The predicted molar refractivity (Wildman–Crippen MR) is 106 cm³/mol. The highest BCUT2D eigenvalue weighted by molar-refractivity contribution is 7.91. The Morgan fingerprint density at radius 2 is 2.07 bits per heavy atom. The van der Waals surface area contributed by atoms with E-state index in [1.807, 2.05) is 19.9 Å². The normalized spacial score (nSPS) is 23.5. The van der Waals surface area contributed by atoms with Crippen molar-refractivity contribution >= 4 is 27.3 Å². The minimum atomic E-state index is -3.08. The smallest absolute Gasteiger partial charge is 0.229 e. The van der Waals surface area contributed by atoms with Crippen molar-refractivity contribution in [2.45, 2.75) is 32.7 Å². The van der Waals surface area contributed by atoms with Crippen LogP contribution in [0.2, 0.25) is 0 Å². The minimum Gasteiger partial charge on any atom is -0.338 e. The first-order valence-electron chi connectivity index (χ1n) is 9.52. The first kappa shape index (κ1) is 19.6. The highest BCUT2D eigenvalue weighted by Gasteiger charge is 2.41. The maximum atomic E-state index is 12.6. The van der Waals surface area contributed by atoms with E-state index in [4.69, 9.17) is 0 Å². The lowest BCUT2D eigenvalue weighted by atomic mass is 10.1. The highest BCUT2D eigenvalue weighted by Crippen LogP contribution is 2.27. The molecule has 29 heavy (non-hydrogen) atoms. The molecule has 9 nitrogen and oxygen atoms in total. The zero-order chi connectivity index (χ0) is 20.8. The summed E-state index contributed by atoms with van der Waals surface area (Å²) in [5, 5.41) is 7.18. The Hall–Kier alpha value is -2.75. The van der Waals surface area contributed by atoms with Crippen molar-refractivity contribution < 1.29 is 18.0 Å². The van der Waals surface area contributed by atoms with Crippen LogP contribution in [-0.4, -0.2) is 64.0 Å². The molecule has 0 saturated carbocycles. The number of nitrogens with one attached hydrogen (secondary N) is 1. The number of amides is 2. The quantitative estimate of drug-likeness (QED) is 0.789. The molecule has 0 spiro atoms. The molecule has 1 N–H and O–H groups in total. The number of aromatic nitrogens is 3. The van der Waals surface area contributed by atoms with E-state index in [0.29, 0.717) is 17.9 Å². The summed E-state index contributed by atoms with van der Waals surface area (Å²) in [4.78, 5) is 30.8. The van der Waals surface area contributed by atoms with Crippen LogP contribution in [0.3, 0.4) is 0 Å². The SMILES string of the molecule is Cc1cc(C)n(-c2ccc(NC(=O)[C@H]3CC(=O)N([C@@H]4CCS(=O)(=O)C4)C3)cn2)n1. The largest absolute Gasteiger partial charge is 0.338 e. The Balaban J connectivity index is 1.39. The van der Waals surface area contributed by atoms with E-state index in [-0.39, 0.29) is 42.3 Å². The van der Waals surface area contributed by atoms with Crippen molar-refractivity contribution in [2.75, 3.05) is 23.4 Å². The fourth-order valence-corrected chi connectivity index (χ4v) is 5.70. The zero-order valence-corrected chi connectivity index (χ0v) is 17.1. The van der Waals surface area contributed by atoms with Crippen molar-refractivity contribution in [1.29, 1.82) is 0 Å². The molecule has 4 heterocycles. The Labute approximate surface area is 169 Å². The molecule has 2 fully saturated rings. The van der Waals surface area contributed by atoms with Crippen molar-refractivity contribution in [3.8, 4) is 5.82 Å². The van der Waals surface area contributed by atoms with Gasteiger partial charge in [0.1, 0.15) is 0 Å². The summed E-state index contributed by atoms with van der Waals surface area (Å²) < 4.78 is 25.1. The Kier molecular flexibility index (Phi) is 4.89. The summed E-state index contributed by atoms with van der Waals surface area (Å²) >= 11 is 0. The fourth-order valence-electron chi connectivity index (χ4n) is 3.97. The number of carbonyl (C=O) groups is 2. The van der Waals surface area contributed by atoms with Crippen LogP contribution >= 0.6 is 0 Å². The summed E-state index contributed by atoms with van der Waals surface area (Å²) in [5.41, 5.74) is 2.40. The van der Waals surface area contributed by atoms with Gasteiger partial charge in [0.2, 0.25) is 11.8 Å². The minimum absolute atomic E-state index is 0.00915. The lowest BCUT2D eigenvalue weighted by Crippen LogP contribution is -2.38. The average molecular weight is 417 g/mol. The standard InChI is InChI=1S/C19H23N5O4S/c1-12-7-13(2)24(22-12)17-4-3-15(9-20-17)21-19(26)14-8-18(25)23(10-14)16-5-6-29(27,28)11-16/h3-4,7,9,14,16H,5-6,8,10-11H2,1-2H3,(H,21,26)/t14-,16+/m0/s1. The number of pyridine rings is 1. The highest BCUT2D eigenvalue weighted by atomic mass is 32.2. The summed E-state index contributed by atoms with van der Waals surface area (Å²) in [6.07, 6.45) is 2.10. The molecule has 0 aromatic carbocycles. The van der Waals surface area contributed by atoms with E-state index in [1.165, 1.54) is 0 Å². The van der Waals surface area contributed by atoms with Crippen LogP contribution in [0.15, 0.2) is 24.4 Å². The van der Waals surface area contributed by atoms with Crippen LogP contribution in [0.4, 0.5) is 5.69 Å². The molecular weight excluding hydrogens is 394 g/mol.